The number of ether oxygens (including phenoxy) is 1. The second-order valence-corrected chi connectivity index (χ2v) is 7.41. The van der Waals surface area contributed by atoms with Crippen LogP contribution in [0.2, 0.25) is 0 Å². The SMILES string of the molecule is COCc1ccc(CNC(=O)NC2CCS(=O)(=O)C2)cc1. The van der Waals surface area contributed by atoms with Gasteiger partial charge in [0.2, 0.25) is 0 Å². The van der Waals surface area contributed by atoms with Gasteiger partial charge >= 0.3 is 6.03 Å². The van der Waals surface area contributed by atoms with Gasteiger partial charge in [0.25, 0.3) is 0 Å². The molecule has 6 nitrogen and oxygen atoms in total. The Morgan fingerprint density at radius 3 is 2.52 bits per heavy atom. The van der Waals surface area contributed by atoms with E-state index >= 15 is 0 Å². The third kappa shape index (κ3) is 5.02. The predicted molar refractivity (Wildman–Crippen MR) is 79.6 cm³/mol. The zero-order valence-electron chi connectivity index (χ0n) is 12.0. The van der Waals surface area contributed by atoms with Crippen molar-refractivity contribution in [1.82, 2.24) is 10.6 Å². The van der Waals surface area contributed by atoms with Crippen LogP contribution in [0.3, 0.4) is 0 Å². The van der Waals surface area contributed by atoms with E-state index in [0.717, 1.165) is 11.1 Å². The Morgan fingerprint density at radius 2 is 1.95 bits per heavy atom. The number of carbonyl (C=O) groups is 1. The number of hydrogen-bond acceptors (Lipinski definition) is 4. The average Bonchev–Trinajstić information content (AvgIpc) is 2.77. The molecule has 1 fully saturated rings. The van der Waals surface area contributed by atoms with Crippen molar-refractivity contribution in [1.29, 1.82) is 0 Å². The first-order valence-corrected chi connectivity index (χ1v) is 8.62. The minimum Gasteiger partial charge on any atom is -0.380 e. The predicted octanol–water partition coefficient (Wildman–Crippen LogP) is 0.819. The quantitative estimate of drug-likeness (QED) is 0.843. The minimum absolute atomic E-state index is 0.0339. The van der Waals surface area contributed by atoms with E-state index in [1.165, 1.54) is 0 Å². The number of hydrogen-bond donors (Lipinski definition) is 2. The molecule has 0 radical (unpaired) electrons. The van der Waals surface area contributed by atoms with Crippen molar-refractivity contribution >= 4 is 15.9 Å². The first-order chi connectivity index (χ1) is 9.98. The highest BCUT2D eigenvalue weighted by molar-refractivity contribution is 7.91. The fourth-order valence-corrected chi connectivity index (χ4v) is 3.92. The lowest BCUT2D eigenvalue weighted by molar-refractivity contribution is 0.185. The summed E-state index contributed by atoms with van der Waals surface area (Å²) < 4.78 is 27.6. The molecule has 1 aliphatic heterocycles. The fourth-order valence-electron chi connectivity index (χ4n) is 2.25. The molecule has 2 amide bonds. The maximum atomic E-state index is 11.7. The van der Waals surface area contributed by atoms with E-state index in [4.69, 9.17) is 4.74 Å². The van der Waals surface area contributed by atoms with Crippen LogP contribution >= 0.6 is 0 Å². The average molecular weight is 312 g/mol. The van der Waals surface area contributed by atoms with Crippen LogP contribution < -0.4 is 10.6 Å². The van der Waals surface area contributed by atoms with Crippen molar-refractivity contribution in [3.8, 4) is 0 Å². The van der Waals surface area contributed by atoms with Gasteiger partial charge in [-0.25, -0.2) is 13.2 Å². The number of nitrogens with one attached hydrogen (secondary N) is 2. The van der Waals surface area contributed by atoms with E-state index in [9.17, 15) is 13.2 Å². The van der Waals surface area contributed by atoms with Gasteiger partial charge in [0.15, 0.2) is 9.84 Å². The Labute approximate surface area is 124 Å². The zero-order valence-corrected chi connectivity index (χ0v) is 12.8. The van der Waals surface area contributed by atoms with Gasteiger partial charge in [-0.15, -0.1) is 0 Å². The van der Waals surface area contributed by atoms with Gasteiger partial charge in [0, 0.05) is 19.7 Å². The summed E-state index contributed by atoms with van der Waals surface area (Å²) in [4.78, 5) is 11.7. The molecule has 2 rings (SSSR count). The first-order valence-electron chi connectivity index (χ1n) is 6.80. The van der Waals surface area contributed by atoms with E-state index in [2.05, 4.69) is 10.6 Å². The van der Waals surface area contributed by atoms with Crippen LogP contribution in [0.5, 0.6) is 0 Å². The summed E-state index contributed by atoms with van der Waals surface area (Å²) in [5.74, 6) is 0.186. The summed E-state index contributed by atoms with van der Waals surface area (Å²) >= 11 is 0. The van der Waals surface area contributed by atoms with Gasteiger partial charge in [0.1, 0.15) is 0 Å². The number of sulfone groups is 1. The molecule has 7 heteroatoms. The summed E-state index contributed by atoms with van der Waals surface area (Å²) in [6, 6.07) is 7.13. The fraction of sp³-hybridized carbons (Fsp3) is 0.500. The summed E-state index contributed by atoms with van der Waals surface area (Å²) in [5, 5.41) is 5.42. The van der Waals surface area contributed by atoms with Crippen LogP contribution in [-0.4, -0.2) is 39.1 Å². The Bertz CT molecular complexity index is 583. The molecule has 0 spiro atoms. The lowest BCUT2D eigenvalue weighted by Gasteiger charge is -2.12. The van der Waals surface area contributed by atoms with Crippen LogP contribution in [0.4, 0.5) is 4.79 Å². The second kappa shape index (κ2) is 6.91. The van der Waals surface area contributed by atoms with Crippen LogP contribution in [-0.2, 0) is 27.7 Å². The summed E-state index contributed by atoms with van der Waals surface area (Å²) in [7, 11) is -1.33. The van der Waals surface area contributed by atoms with Crippen LogP contribution in [0.1, 0.15) is 17.5 Å². The number of carbonyl (C=O) groups excluding carboxylic acids is 1. The highest BCUT2D eigenvalue weighted by Crippen LogP contribution is 2.11. The number of amides is 2. The maximum Gasteiger partial charge on any atom is 0.315 e. The lowest BCUT2D eigenvalue weighted by atomic mass is 10.1. The molecule has 1 aromatic carbocycles. The number of methoxy groups -OCH3 is 1. The van der Waals surface area contributed by atoms with Crippen molar-refractivity contribution in [2.45, 2.75) is 25.6 Å². The van der Waals surface area contributed by atoms with Crippen molar-refractivity contribution in [3.63, 3.8) is 0 Å². The Balaban J connectivity index is 1.76. The van der Waals surface area contributed by atoms with Crippen LogP contribution in [0.15, 0.2) is 24.3 Å². The smallest absolute Gasteiger partial charge is 0.315 e. The van der Waals surface area contributed by atoms with Crippen molar-refractivity contribution in [2.24, 2.45) is 0 Å². The van der Waals surface area contributed by atoms with Gasteiger partial charge in [-0.05, 0) is 17.5 Å². The summed E-state index contributed by atoms with van der Waals surface area (Å²) in [5.41, 5.74) is 2.05. The second-order valence-electron chi connectivity index (χ2n) is 5.18. The normalized spacial score (nSPS) is 20.1. The molecule has 0 aliphatic carbocycles. The van der Waals surface area contributed by atoms with Gasteiger partial charge in [-0.2, -0.15) is 0 Å². The molecular formula is C14H20N2O4S. The summed E-state index contributed by atoms with van der Waals surface area (Å²) in [6.07, 6.45) is 0.488. The van der Waals surface area contributed by atoms with Gasteiger partial charge in [0.05, 0.1) is 18.1 Å². The Morgan fingerprint density at radius 1 is 1.29 bits per heavy atom. The molecule has 1 aliphatic rings. The van der Waals surface area contributed by atoms with Crippen molar-refractivity contribution < 1.29 is 17.9 Å². The highest BCUT2D eigenvalue weighted by atomic mass is 32.2. The minimum atomic E-state index is -2.97. The first kappa shape index (κ1) is 15.8. The summed E-state index contributed by atoms with van der Waals surface area (Å²) in [6.45, 7) is 0.961. The van der Waals surface area contributed by atoms with Gasteiger partial charge < -0.3 is 15.4 Å². The van der Waals surface area contributed by atoms with Gasteiger partial charge in [-0.1, -0.05) is 24.3 Å². The van der Waals surface area contributed by atoms with Gasteiger partial charge in [-0.3, -0.25) is 0 Å². The number of urea groups is 1. The molecule has 1 atom stereocenters. The van der Waals surface area contributed by atoms with E-state index < -0.39 is 9.84 Å². The molecule has 116 valence electrons. The molecule has 1 saturated heterocycles. The van der Waals surface area contributed by atoms with Crippen molar-refractivity contribution in [2.75, 3.05) is 18.6 Å². The van der Waals surface area contributed by atoms with E-state index in [-0.39, 0.29) is 23.6 Å². The molecule has 21 heavy (non-hydrogen) atoms. The monoisotopic (exact) mass is 312 g/mol. The molecular weight excluding hydrogens is 292 g/mol. The highest BCUT2D eigenvalue weighted by Gasteiger charge is 2.28. The molecule has 1 unspecified atom stereocenters. The molecule has 1 aromatic rings. The number of benzene rings is 1. The zero-order chi connectivity index (χ0) is 15.3. The van der Waals surface area contributed by atoms with E-state index in [1.807, 2.05) is 24.3 Å². The number of rotatable bonds is 5. The van der Waals surface area contributed by atoms with Crippen molar-refractivity contribution in [3.05, 3.63) is 35.4 Å². The molecule has 0 bridgehead atoms. The largest absolute Gasteiger partial charge is 0.380 e. The third-order valence-electron chi connectivity index (χ3n) is 3.35. The Hall–Kier alpha value is -1.60. The van der Waals surface area contributed by atoms with E-state index in [0.29, 0.717) is 19.6 Å². The lowest BCUT2D eigenvalue weighted by Crippen LogP contribution is -2.42. The van der Waals surface area contributed by atoms with Crippen LogP contribution in [0, 0.1) is 0 Å². The topological polar surface area (TPSA) is 84.5 Å². The van der Waals surface area contributed by atoms with E-state index in [1.54, 1.807) is 7.11 Å². The Kier molecular flexibility index (Phi) is 5.19. The molecule has 2 N–H and O–H groups in total. The molecule has 0 aromatic heterocycles. The maximum absolute atomic E-state index is 11.7. The molecule has 0 saturated carbocycles. The molecule has 1 heterocycles. The standard InChI is InChI=1S/C14H20N2O4S/c1-20-9-12-4-2-11(3-5-12)8-15-14(17)16-13-6-7-21(18,19)10-13/h2-5,13H,6-10H2,1H3,(H2,15,16,17). The van der Waals surface area contributed by atoms with Crippen LogP contribution in [0.25, 0.3) is 0 Å². The third-order valence-corrected chi connectivity index (χ3v) is 5.12.